The molecule has 0 aliphatic heterocycles. The molecule has 11 heavy (non-hydrogen) atoms. The van der Waals surface area contributed by atoms with Gasteiger partial charge >= 0.3 is 6.18 Å². The second-order valence-corrected chi connectivity index (χ2v) is 2.74. The van der Waals surface area contributed by atoms with E-state index in [2.05, 4.69) is 21.0 Å². The molecule has 62 valence electrons. The number of rotatable bonds is 1. The Kier molecular flexibility index (Phi) is 2.22. The van der Waals surface area contributed by atoms with Gasteiger partial charge in [-0.05, 0) is 22.0 Å². The summed E-state index contributed by atoms with van der Waals surface area (Å²) in [4.78, 5) is 0. The summed E-state index contributed by atoms with van der Waals surface area (Å²) in [6.07, 6.45) is -2.91. The van der Waals surface area contributed by atoms with Gasteiger partial charge in [-0.25, -0.2) is 4.68 Å². The van der Waals surface area contributed by atoms with Crippen molar-refractivity contribution < 1.29 is 13.2 Å². The fourth-order valence-electron chi connectivity index (χ4n) is 0.603. The predicted octanol–water partition coefficient (Wildman–Crippen LogP) is 2.21. The van der Waals surface area contributed by atoms with Crippen LogP contribution in [0.5, 0.6) is 0 Å². The molecule has 1 heterocycles. The Morgan fingerprint density at radius 1 is 1.55 bits per heavy atom. The molecule has 6 heteroatoms. The lowest BCUT2D eigenvalue weighted by Crippen LogP contribution is -2.18. The maximum absolute atomic E-state index is 11.7. The fraction of sp³-hybridized carbons (Fsp3) is 0.400. The maximum atomic E-state index is 11.7. The topological polar surface area (TPSA) is 17.8 Å². The summed E-state index contributed by atoms with van der Waals surface area (Å²) >= 11 is 2.92. The summed E-state index contributed by atoms with van der Waals surface area (Å²) in [5.41, 5.74) is 0. The third kappa shape index (κ3) is 2.53. The number of hydrogen-bond acceptors (Lipinski definition) is 1. The van der Waals surface area contributed by atoms with Crippen molar-refractivity contribution in [2.45, 2.75) is 12.7 Å². The van der Waals surface area contributed by atoms with Gasteiger partial charge < -0.3 is 0 Å². The van der Waals surface area contributed by atoms with Gasteiger partial charge in [0.15, 0.2) is 0 Å². The molecule has 0 aliphatic rings. The largest absolute Gasteiger partial charge is 0.408 e. The van der Waals surface area contributed by atoms with Crippen LogP contribution in [-0.4, -0.2) is 16.0 Å². The van der Waals surface area contributed by atoms with Gasteiger partial charge in [0.2, 0.25) is 0 Å². The molecule has 0 spiro atoms. The van der Waals surface area contributed by atoms with E-state index in [0.29, 0.717) is 4.60 Å². The Morgan fingerprint density at radius 2 is 2.18 bits per heavy atom. The molecule has 0 unspecified atom stereocenters. The van der Waals surface area contributed by atoms with Crippen LogP contribution in [0, 0.1) is 0 Å². The number of aromatic nitrogens is 2. The zero-order valence-electron chi connectivity index (χ0n) is 5.27. The molecule has 0 bridgehead atoms. The van der Waals surface area contributed by atoms with Crippen LogP contribution in [0.15, 0.2) is 16.9 Å². The molecule has 0 aliphatic carbocycles. The third-order valence-corrected chi connectivity index (χ3v) is 1.67. The predicted molar refractivity (Wildman–Crippen MR) is 36.0 cm³/mol. The van der Waals surface area contributed by atoms with Crippen LogP contribution in [0.3, 0.4) is 0 Å². The highest BCUT2D eigenvalue weighted by Gasteiger charge is 2.28. The summed E-state index contributed by atoms with van der Waals surface area (Å²) in [6, 6.07) is 1.45. The average molecular weight is 229 g/mol. The molecule has 0 saturated carbocycles. The van der Waals surface area contributed by atoms with Gasteiger partial charge in [-0.3, -0.25) is 0 Å². The van der Waals surface area contributed by atoms with E-state index in [1.54, 1.807) is 0 Å². The molecule has 0 N–H and O–H groups in total. The molecule has 0 amide bonds. The van der Waals surface area contributed by atoms with E-state index < -0.39 is 12.7 Å². The number of alkyl halides is 3. The molecule has 2 nitrogen and oxygen atoms in total. The van der Waals surface area contributed by atoms with Crippen molar-refractivity contribution in [2.24, 2.45) is 0 Å². The van der Waals surface area contributed by atoms with E-state index in [1.165, 1.54) is 12.3 Å². The quantitative estimate of drug-likeness (QED) is 0.721. The lowest BCUT2D eigenvalue weighted by atomic mass is 10.6. The summed E-state index contributed by atoms with van der Waals surface area (Å²) in [6.45, 7) is -1.05. The number of hydrogen-bond donors (Lipinski definition) is 0. The zero-order chi connectivity index (χ0) is 8.48. The summed E-state index contributed by atoms with van der Waals surface area (Å²) in [5.74, 6) is 0. The Bertz CT molecular complexity index is 242. The number of nitrogens with zero attached hydrogens (tertiary/aromatic N) is 2. The Hall–Kier alpha value is -0.520. The molecule has 0 radical (unpaired) electrons. The first-order chi connectivity index (χ1) is 4.99. The highest BCUT2D eigenvalue weighted by atomic mass is 79.9. The second kappa shape index (κ2) is 2.84. The molecule has 1 rings (SSSR count). The lowest BCUT2D eigenvalue weighted by Gasteiger charge is -2.06. The van der Waals surface area contributed by atoms with Crippen molar-refractivity contribution in [3.8, 4) is 0 Å². The average Bonchev–Trinajstić information content (AvgIpc) is 2.12. The third-order valence-electron chi connectivity index (χ3n) is 0.994. The van der Waals surface area contributed by atoms with Crippen LogP contribution in [0.4, 0.5) is 13.2 Å². The van der Waals surface area contributed by atoms with Crippen LogP contribution in [0.25, 0.3) is 0 Å². The molecule has 1 aromatic rings. The smallest absolute Gasteiger partial charge is 0.249 e. The molecule has 0 aromatic carbocycles. The van der Waals surface area contributed by atoms with Crippen LogP contribution >= 0.6 is 15.9 Å². The summed E-state index contributed by atoms with van der Waals surface area (Å²) < 4.78 is 36.3. The van der Waals surface area contributed by atoms with Crippen LogP contribution in [0.2, 0.25) is 0 Å². The van der Waals surface area contributed by atoms with Crippen LogP contribution in [-0.2, 0) is 6.54 Å². The highest BCUT2D eigenvalue weighted by molar-refractivity contribution is 9.10. The summed E-state index contributed by atoms with van der Waals surface area (Å²) in [7, 11) is 0. The van der Waals surface area contributed by atoms with Crippen molar-refractivity contribution in [3.05, 3.63) is 16.9 Å². The standard InChI is InChI=1S/C5H4BrF3N2/c6-4-1-2-10-11(4)3-5(7,8)9/h1-2H,3H2. The van der Waals surface area contributed by atoms with E-state index >= 15 is 0 Å². The minimum Gasteiger partial charge on any atom is -0.249 e. The first kappa shape index (κ1) is 8.58. The first-order valence-corrected chi connectivity index (χ1v) is 3.52. The number of halogens is 4. The van der Waals surface area contributed by atoms with E-state index in [-0.39, 0.29) is 0 Å². The Morgan fingerprint density at radius 3 is 2.55 bits per heavy atom. The van der Waals surface area contributed by atoms with Crippen molar-refractivity contribution in [1.82, 2.24) is 9.78 Å². The van der Waals surface area contributed by atoms with E-state index in [1.807, 2.05) is 0 Å². The van der Waals surface area contributed by atoms with Crippen molar-refractivity contribution in [3.63, 3.8) is 0 Å². The van der Waals surface area contributed by atoms with Gasteiger partial charge in [0.1, 0.15) is 11.1 Å². The minimum atomic E-state index is -4.21. The molecule has 0 saturated heterocycles. The van der Waals surface area contributed by atoms with Gasteiger partial charge in [0.05, 0.1) is 6.20 Å². The molecular weight excluding hydrogens is 225 g/mol. The minimum absolute atomic E-state index is 0.329. The molecule has 0 fully saturated rings. The maximum Gasteiger partial charge on any atom is 0.408 e. The normalized spacial score (nSPS) is 12.0. The Balaban J connectivity index is 2.72. The highest BCUT2D eigenvalue weighted by Crippen LogP contribution is 2.19. The van der Waals surface area contributed by atoms with Gasteiger partial charge in [0, 0.05) is 0 Å². The van der Waals surface area contributed by atoms with E-state index in [9.17, 15) is 13.2 Å². The van der Waals surface area contributed by atoms with E-state index in [0.717, 1.165) is 4.68 Å². The van der Waals surface area contributed by atoms with Gasteiger partial charge in [-0.15, -0.1) is 0 Å². The second-order valence-electron chi connectivity index (χ2n) is 1.93. The molecule has 0 atom stereocenters. The fourth-order valence-corrected chi connectivity index (χ4v) is 0.938. The SMILES string of the molecule is FC(F)(F)Cn1nccc1Br. The Labute approximate surface area is 69.1 Å². The van der Waals surface area contributed by atoms with E-state index in [4.69, 9.17) is 0 Å². The van der Waals surface area contributed by atoms with Crippen molar-refractivity contribution in [2.75, 3.05) is 0 Å². The van der Waals surface area contributed by atoms with Gasteiger partial charge in [0.25, 0.3) is 0 Å². The molecular formula is C5H4BrF3N2. The van der Waals surface area contributed by atoms with Gasteiger partial charge in [-0.2, -0.15) is 18.3 Å². The van der Waals surface area contributed by atoms with Gasteiger partial charge in [-0.1, -0.05) is 0 Å². The molecule has 1 aromatic heterocycles. The van der Waals surface area contributed by atoms with Crippen molar-refractivity contribution >= 4 is 15.9 Å². The van der Waals surface area contributed by atoms with Crippen molar-refractivity contribution in [1.29, 1.82) is 0 Å². The van der Waals surface area contributed by atoms with Crippen LogP contribution < -0.4 is 0 Å². The van der Waals surface area contributed by atoms with Crippen LogP contribution in [0.1, 0.15) is 0 Å². The summed E-state index contributed by atoms with van der Waals surface area (Å²) in [5, 5.41) is 3.45. The monoisotopic (exact) mass is 228 g/mol. The first-order valence-electron chi connectivity index (χ1n) is 2.73. The lowest BCUT2D eigenvalue weighted by molar-refractivity contribution is -0.143. The zero-order valence-corrected chi connectivity index (χ0v) is 6.85.